The Bertz CT molecular complexity index is 335. The van der Waals surface area contributed by atoms with Crippen LogP contribution in [0, 0.1) is 12.7 Å². The summed E-state index contributed by atoms with van der Waals surface area (Å²) in [6.45, 7) is 5.01. The molecule has 1 fully saturated rings. The Morgan fingerprint density at radius 1 is 1.43 bits per heavy atom. The van der Waals surface area contributed by atoms with E-state index in [-0.39, 0.29) is 5.82 Å². The molecular weight excluding hydrogens is 177 g/mol. The first-order valence-corrected chi connectivity index (χ1v) is 5.18. The zero-order valence-corrected chi connectivity index (χ0v) is 8.68. The lowest BCUT2D eigenvalue weighted by atomic mass is 9.92. The van der Waals surface area contributed by atoms with Crippen molar-refractivity contribution in [2.75, 3.05) is 6.54 Å². The van der Waals surface area contributed by atoms with E-state index in [0.29, 0.717) is 12.0 Å². The van der Waals surface area contributed by atoms with Crippen molar-refractivity contribution in [2.45, 2.75) is 32.2 Å². The van der Waals surface area contributed by atoms with Crippen LogP contribution in [-0.4, -0.2) is 12.6 Å². The first kappa shape index (κ1) is 9.66. The summed E-state index contributed by atoms with van der Waals surface area (Å²) in [7, 11) is 0. The van der Waals surface area contributed by atoms with Crippen molar-refractivity contribution in [1.82, 2.24) is 5.32 Å². The lowest BCUT2D eigenvalue weighted by Crippen LogP contribution is -2.21. The van der Waals surface area contributed by atoms with Gasteiger partial charge in [-0.15, -0.1) is 0 Å². The minimum absolute atomic E-state index is 0.0819. The Morgan fingerprint density at radius 3 is 2.79 bits per heavy atom. The molecule has 0 bridgehead atoms. The fourth-order valence-electron chi connectivity index (χ4n) is 2.15. The number of hydrogen-bond acceptors (Lipinski definition) is 1. The molecular formula is C12H16FN. The molecule has 2 rings (SSSR count). The molecule has 0 radical (unpaired) electrons. The van der Waals surface area contributed by atoms with Crippen LogP contribution in [0.15, 0.2) is 18.2 Å². The molecule has 1 aliphatic rings. The third-order valence-corrected chi connectivity index (χ3v) is 3.15. The Kier molecular flexibility index (Phi) is 2.55. The molecule has 1 aliphatic heterocycles. The van der Waals surface area contributed by atoms with Gasteiger partial charge in [-0.3, -0.25) is 0 Å². The summed E-state index contributed by atoms with van der Waals surface area (Å²) >= 11 is 0. The molecule has 0 saturated carbocycles. The highest BCUT2D eigenvalue weighted by molar-refractivity contribution is 5.27. The van der Waals surface area contributed by atoms with Crippen molar-refractivity contribution in [3.8, 4) is 0 Å². The largest absolute Gasteiger partial charge is 0.314 e. The standard InChI is InChI=1S/C12H16FN/c1-8-3-4-10(7-12(8)13)11-5-6-14-9(11)2/h3-4,7,9,11,14H,5-6H2,1-2H3. The highest BCUT2D eigenvalue weighted by Crippen LogP contribution is 2.28. The molecule has 1 saturated heterocycles. The molecule has 1 aromatic carbocycles. The van der Waals surface area contributed by atoms with Gasteiger partial charge in [-0.25, -0.2) is 4.39 Å². The van der Waals surface area contributed by atoms with E-state index in [4.69, 9.17) is 0 Å². The molecule has 2 atom stereocenters. The van der Waals surface area contributed by atoms with Crippen molar-refractivity contribution in [2.24, 2.45) is 0 Å². The van der Waals surface area contributed by atoms with Crippen LogP contribution in [0.3, 0.4) is 0 Å². The van der Waals surface area contributed by atoms with Gasteiger partial charge in [-0.1, -0.05) is 12.1 Å². The van der Waals surface area contributed by atoms with Gasteiger partial charge in [0.05, 0.1) is 0 Å². The second-order valence-electron chi connectivity index (χ2n) is 4.15. The minimum Gasteiger partial charge on any atom is -0.314 e. The van der Waals surface area contributed by atoms with Gasteiger partial charge in [0.2, 0.25) is 0 Å². The third-order valence-electron chi connectivity index (χ3n) is 3.15. The quantitative estimate of drug-likeness (QED) is 0.723. The molecule has 0 spiro atoms. The van der Waals surface area contributed by atoms with Crippen molar-refractivity contribution in [1.29, 1.82) is 0 Å². The fraction of sp³-hybridized carbons (Fsp3) is 0.500. The van der Waals surface area contributed by atoms with E-state index in [2.05, 4.69) is 12.2 Å². The Labute approximate surface area is 84.3 Å². The third kappa shape index (κ3) is 1.67. The van der Waals surface area contributed by atoms with Gasteiger partial charge in [0, 0.05) is 12.0 Å². The minimum atomic E-state index is -0.0819. The van der Waals surface area contributed by atoms with Gasteiger partial charge < -0.3 is 5.32 Å². The first-order chi connectivity index (χ1) is 6.68. The molecule has 1 heterocycles. The van der Waals surface area contributed by atoms with Crippen molar-refractivity contribution >= 4 is 0 Å². The SMILES string of the molecule is Cc1ccc(C2CCNC2C)cc1F. The molecule has 2 unspecified atom stereocenters. The number of benzene rings is 1. The van der Waals surface area contributed by atoms with Crippen molar-refractivity contribution in [3.05, 3.63) is 35.1 Å². The summed E-state index contributed by atoms with van der Waals surface area (Å²) in [5.74, 6) is 0.395. The molecule has 1 nitrogen and oxygen atoms in total. The monoisotopic (exact) mass is 193 g/mol. The molecule has 14 heavy (non-hydrogen) atoms. The predicted molar refractivity (Wildman–Crippen MR) is 56.0 cm³/mol. The number of nitrogens with one attached hydrogen (secondary N) is 1. The second-order valence-corrected chi connectivity index (χ2v) is 4.15. The number of aryl methyl sites for hydroxylation is 1. The molecule has 0 aromatic heterocycles. The Hall–Kier alpha value is -0.890. The van der Waals surface area contributed by atoms with Crippen molar-refractivity contribution in [3.63, 3.8) is 0 Å². The maximum Gasteiger partial charge on any atom is 0.126 e. The van der Waals surface area contributed by atoms with Crippen LogP contribution in [0.25, 0.3) is 0 Å². The molecule has 2 heteroatoms. The predicted octanol–water partition coefficient (Wildman–Crippen LogP) is 2.60. The van der Waals surface area contributed by atoms with Crippen LogP contribution in [0.4, 0.5) is 4.39 Å². The van der Waals surface area contributed by atoms with E-state index >= 15 is 0 Å². The number of halogens is 1. The lowest BCUT2D eigenvalue weighted by Gasteiger charge is -2.15. The van der Waals surface area contributed by atoms with Crippen LogP contribution in [0.2, 0.25) is 0 Å². The zero-order valence-electron chi connectivity index (χ0n) is 8.68. The van der Waals surface area contributed by atoms with E-state index in [0.717, 1.165) is 24.1 Å². The average Bonchev–Trinajstić information content (AvgIpc) is 2.57. The van der Waals surface area contributed by atoms with E-state index in [1.165, 1.54) is 0 Å². The van der Waals surface area contributed by atoms with E-state index in [1.807, 2.05) is 12.1 Å². The summed E-state index contributed by atoms with van der Waals surface area (Å²) in [6.07, 6.45) is 1.11. The smallest absolute Gasteiger partial charge is 0.126 e. The maximum atomic E-state index is 13.3. The summed E-state index contributed by atoms with van der Waals surface area (Å²) in [5, 5.41) is 3.38. The highest BCUT2D eigenvalue weighted by Gasteiger charge is 2.24. The van der Waals surface area contributed by atoms with E-state index in [9.17, 15) is 4.39 Å². The maximum absolute atomic E-state index is 13.3. The Morgan fingerprint density at radius 2 is 2.21 bits per heavy atom. The topological polar surface area (TPSA) is 12.0 Å². The second kappa shape index (κ2) is 3.70. The van der Waals surface area contributed by atoms with Crippen LogP contribution in [0.1, 0.15) is 30.4 Å². The van der Waals surface area contributed by atoms with E-state index < -0.39 is 0 Å². The zero-order chi connectivity index (χ0) is 10.1. The molecule has 76 valence electrons. The summed E-state index contributed by atoms with van der Waals surface area (Å²) in [4.78, 5) is 0. The van der Waals surface area contributed by atoms with Crippen LogP contribution in [-0.2, 0) is 0 Å². The van der Waals surface area contributed by atoms with Gasteiger partial charge >= 0.3 is 0 Å². The van der Waals surface area contributed by atoms with Crippen LogP contribution in [0.5, 0.6) is 0 Å². The van der Waals surface area contributed by atoms with Gasteiger partial charge in [-0.05, 0) is 44.0 Å². The summed E-state index contributed by atoms with van der Waals surface area (Å²) in [5.41, 5.74) is 1.86. The van der Waals surface area contributed by atoms with Gasteiger partial charge in [0.1, 0.15) is 5.82 Å². The number of hydrogen-bond donors (Lipinski definition) is 1. The molecule has 0 amide bonds. The number of rotatable bonds is 1. The van der Waals surface area contributed by atoms with Gasteiger partial charge in [-0.2, -0.15) is 0 Å². The first-order valence-electron chi connectivity index (χ1n) is 5.18. The fourth-order valence-corrected chi connectivity index (χ4v) is 2.15. The van der Waals surface area contributed by atoms with Crippen LogP contribution >= 0.6 is 0 Å². The Balaban J connectivity index is 2.28. The molecule has 1 N–H and O–H groups in total. The van der Waals surface area contributed by atoms with Gasteiger partial charge in [0.25, 0.3) is 0 Å². The summed E-state index contributed by atoms with van der Waals surface area (Å²) < 4.78 is 13.3. The molecule has 1 aromatic rings. The molecule has 0 aliphatic carbocycles. The van der Waals surface area contributed by atoms with E-state index in [1.54, 1.807) is 13.0 Å². The van der Waals surface area contributed by atoms with Crippen molar-refractivity contribution < 1.29 is 4.39 Å². The summed E-state index contributed by atoms with van der Waals surface area (Å²) in [6, 6.07) is 6.07. The van der Waals surface area contributed by atoms with Gasteiger partial charge in [0.15, 0.2) is 0 Å². The van der Waals surface area contributed by atoms with Crippen LogP contribution < -0.4 is 5.32 Å². The highest BCUT2D eigenvalue weighted by atomic mass is 19.1. The normalized spacial score (nSPS) is 26.8. The lowest BCUT2D eigenvalue weighted by molar-refractivity contribution is 0.580. The average molecular weight is 193 g/mol.